The van der Waals surface area contributed by atoms with Crippen molar-refractivity contribution in [1.82, 2.24) is 5.32 Å². The van der Waals surface area contributed by atoms with E-state index in [1.165, 1.54) is 13.1 Å². The van der Waals surface area contributed by atoms with Gasteiger partial charge in [-0.15, -0.1) is 0 Å². The molecule has 0 aromatic heterocycles. The molecule has 0 rings (SSSR count). The lowest BCUT2D eigenvalue weighted by molar-refractivity contribution is -0.153. The average Bonchev–Trinajstić information content (AvgIpc) is 2.05. The first kappa shape index (κ1) is 10.8. The fraction of sp³-hybridized carbons (Fsp3) is 0.714. The van der Waals surface area contributed by atoms with Crippen molar-refractivity contribution in [2.45, 2.75) is 12.6 Å². The highest BCUT2D eigenvalue weighted by molar-refractivity contribution is 5.83. The molecular weight excluding hydrogens is 163 g/mol. The van der Waals surface area contributed by atoms with Crippen molar-refractivity contribution in [1.29, 1.82) is 5.26 Å². The molecule has 0 aromatic rings. The molecular formula is C7H11FN2O2. The zero-order valence-electron chi connectivity index (χ0n) is 7.06. The molecule has 0 aliphatic rings. The van der Waals surface area contributed by atoms with Crippen LogP contribution in [-0.4, -0.2) is 31.8 Å². The van der Waals surface area contributed by atoms with Crippen LogP contribution in [0, 0.1) is 11.3 Å². The van der Waals surface area contributed by atoms with E-state index in [1.54, 1.807) is 6.92 Å². The van der Waals surface area contributed by atoms with Crippen LogP contribution in [0.1, 0.15) is 6.92 Å². The number of alkyl halides is 1. The normalized spacial score (nSPS) is 14.5. The number of ether oxygens (including phenoxy) is 1. The van der Waals surface area contributed by atoms with Crippen LogP contribution >= 0.6 is 0 Å². The minimum Gasteiger partial charge on any atom is -0.463 e. The topological polar surface area (TPSA) is 62.1 Å². The molecule has 0 saturated heterocycles. The van der Waals surface area contributed by atoms with Crippen molar-refractivity contribution < 1.29 is 13.9 Å². The maximum Gasteiger partial charge on any atom is 0.360 e. The summed E-state index contributed by atoms with van der Waals surface area (Å²) in [5.74, 6) is -1.14. The van der Waals surface area contributed by atoms with Gasteiger partial charge in [0.1, 0.15) is 6.07 Å². The third kappa shape index (κ3) is 2.47. The summed E-state index contributed by atoms with van der Waals surface area (Å²) in [6.45, 7) is 1.26. The van der Waals surface area contributed by atoms with E-state index in [-0.39, 0.29) is 13.2 Å². The van der Waals surface area contributed by atoms with Gasteiger partial charge in [0.05, 0.1) is 13.2 Å². The fourth-order valence-electron chi connectivity index (χ4n) is 0.646. The van der Waals surface area contributed by atoms with E-state index in [9.17, 15) is 9.18 Å². The Kier molecular flexibility index (Phi) is 4.22. The number of carbonyl (C=O) groups is 1. The smallest absolute Gasteiger partial charge is 0.360 e. The number of nitrogens with one attached hydrogen (secondary N) is 1. The van der Waals surface area contributed by atoms with Crippen LogP contribution in [0.2, 0.25) is 0 Å². The summed E-state index contributed by atoms with van der Waals surface area (Å²) < 4.78 is 17.6. The molecule has 0 spiro atoms. The van der Waals surface area contributed by atoms with Crippen molar-refractivity contribution in [3.63, 3.8) is 0 Å². The monoisotopic (exact) mass is 174 g/mol. The average molecular weight is 174 g/mol. The lowest BCUT2D eigenvalue weighted by Gasteiger charge is -2.14. The van der Waals surface area contributed by atoms with Crippen molar-refractivity contribution in [3.05, 3.63) is 0 Å². The Morgan fingerprint density at radius 2 is 2.42 bits per heavy atom. The second kappa shape index (κ2) is 4.67. The van der Waals surface area contributed by atoms with Gasteiger partial charge in [-0.1, -0.05) is 0 Å². The third-order valence-corrected chi connectivity index (χ3v) is 1.20. The Morgan fingerprint density at radius 1 is 1.83 bits per heavy atom. The van der Waals surface area contributed by atoms with E-state index < -0.39 is 11.6 Å². The summed E-state index contributed by atoms with van der Waals surface area (Å²) >= 11 is 0. The summed E-state index contributed by atoms with van der Waals surface area (Å²) in [6, 6.07) is 1.26. The van der Waals surface area contributed by atoms with Crippen LogP contribution in [0.15, 0.2) is 0 Å². The van der Waals surface area contributed by atoms with Gasteiger partial charge in [0.2, 0.25) is 0 Å². The highest BCUT2D eigenvalue weighted by Gasteiger charge is 2.39. The van der Waals surface area contributed by atoms with E-state index >= 15 is 0 Å². The van der Waals surface area contributed by atoms with Gasteiger partial charge >= 0.3 is 11.6 Å². The SMILES string of the molecule is CCOC(=O)C(F)(C#N)CNC. The molecule has 4 nitrogen and oxygen atoms in total. The maximum atomic E-state index is 13.2. The minimum absolute atomic E-state index is 0.0654. The van der Waals surface area contributed by atoms with Crippen molar-refractivity contribution >= 4 is 5.97 Å². The Labute approximate surface area is 70.3 Å². The number of carbonyl (C=O) groups excluding carboxylic acids is 1. The summed E-state index contributed by atoms with van der Waals surface area (Å²) in [7, 11) is 1.45. The summed E-state index contributed by atoms with van der Waals surface area (Å²) in [5.41, 5.74) is -2.56. The zero-order valence-corrected chi connectivity index (χ0v) is 7.06. The molecule has 0 aliphatic heterocycles. The number of halogens is 1. The van der Waals surface area contributed by atoms with E-state index in [0.717, 1.165) is 0 Å². The van der Waals surface area contributed by atoms with Crippen molar-refractivity contribution in [3.8, 4) is 6.07 Å². The van der Waals surface area contributed by atoms with Gasteiger partial charge in [-0.2, -0.15) is 5.26 Å². The number of nitrogens with zero attached hydrogens (tertiary/aromatic N) is 1. The number of hydrogen-bond acceptors (Lipinski definition) is 4. The van der Waals surface area contributed by atoms with E-state index in [2.05, 4.69) is 10.1 Å². The molecule has 0 bridgehead atoms. The first-order valence-electron chi connectivity index (χ1n) is 3.52. The second-order valence-electron chi connectivity index (χ2n) is 2.16. The number of esters is 1. The molecule has 0 saturated carbocycles. The van der Waals surface area contributed by atoms with Gasteiger partial charge in [0.25, 0.3) is 0 Å². The van der Waals surface area contributed by atoms with Crippen molar-refractivity contribution in [2.24, 2.45) is 0 Å². The summed E-state index contributed by atoms with van der Waals surface area (Å²) in [6.07, 6.45) is 0. The quantitative estimate of drug-likeness (QED) is 0.609. The van der Waals surface area contributed by atoms with Crippen LogP contribution in [0.3, 0.4) is 0 Å². The van der Waals surface area contributed by atoms with Crippen LogP contribution in [0.4, 0.5) is 4.39 Å². The largest absolute Gasteiger partial charge is 0.463 e. The fourth-order valence-corrected chi connectivity index (χ4v) is 0.646. The van der Waals surface area contributed by atoms with E-state index in [1.807, 2.05) is 0 Å². The predicted molar refractivity (Wildman–Crippen MR) is 40.0 cm³/mol. The first-order chi connectivity index (χ1) is 5.60. The molecule has 0 aliphatic carbocycles. The van der Waals surface area contributed by atoms with Gasteiger partial charge < -0.3 is 10.1 Å². The molecule has 0 heterocycles. The van der Waals surface area contributed by atoms with Gasteiger partial charge in [-0.05, 0) is 14.0 Å². The molecule has 12 heavy (non-hydrogen) atoms. The maximum absolute atomic E-state index is 13.2. The Hall–Kier alpha value is -1.15. The lowest BCUT2D eigenvalue weighted by atomic mass is 10.1. The zero-order chi connectivity index (χ0) is 9.61. The minimum atomic E-state index is -2.56. The molecule has 1 N–H and O–H groups in total. The summed E-state index contributed by atoms with van der Waals surface area (Å²) in [4.78, 5) is 10.8. The van der Waals surface area contributed by atoms with E-state index in [4.69, 9.17) is 5.26 Å². The number of nitriles is 1. The van der Waals surface area contributed by atoms with Gasteiger partial charge in [-0.3, -0.25) is 0 Å². The Morgan fingerprint density at radius 3 is 2.75 bits per heavy atom. The third-order valence-electron chi connectivity index (χ3n) is 1.20. The Balaban J connectivity index is 4.32. The molecule has 0 amide bonds. The number of rotatable bonds is 4. The molecule has 5 heteroatoms. The highest BCUT2D eigenvalue weighted by Crippen LogP contribution is 2.10. The summed E-state index contributed by atoms with van der Waals surface area (Å²) in [5, 5.41) is 10.7. The standard InChI is InChI=1S/C7H11FN2O2/c1-3-12-6(11)7(8,4-9)5-10-2/h10H,3,5H2,1-2H3. The molecule has 1 unspecified atom stereocenters. The lowest BCUT2D eigenvalue weighted by Crippen LogP contribution is -2.42. The van der Waals surface area contributed by atoms with Crippen LogP contribution in [-0.2, 0) is 9.53 Å². The molecule has 0 aromatic carbocycles. The Bertz CT molecular complexity index is 202. The van der Waals surface area contributed by atoms with Gasteiger partial charge in [0, 0.05) is 0 Å². The predicted octanol–water partition coefficient (Wildman–Crippen LogP) is 0.000780. The highest BCUT2D eigenvalue weighted by atomic mass is 19.1. The number of hydrogen-bond donors (Lipinski definition) is 1. The van der Waals surface area contributed by atoms with Crippen molar-refractivity contribution in [2.75, 3.05) is 20.2 Å². The van der Waals surface area contributed by atoms with Crippen LogP contribution in [0.25, 0.3) is 0 Å². The molecule has 0 fully saturated rings. The van der Waals surface area contributed by atoms with Crippen LogP contribution in [0.5, 0.6) is 0 Å². The first-order valence-corrected chi connectivity index (χ1v) is 3.52. The van der Waals surface area contributed by atoms with E-state index in [0.29, 0.717) is 0 Å². The second-order valence-corrected chi connectivity index (χ2v) is 2.16. The van der Waals surface area contributed by atoms with Gasteiger partial charge in [0.15, 0.2) is 0 Å². The molecule has 0 radical (unpaired) electrons. The van der Waals surface area contributed by atoms with Crippen LogP contribution < -0.4 is 5.32 Å². The molecule has 1 atom stereocenters. The molecule has 68 valence electrons. The van der Waals surface area contributed by atoms with Gasteiger partial charge in [-0.25, -0.2) is 9.18 Å².